The lowest BCUT2D eigenvalue weighted by Gasteiger charge is -2.33. The summed E-state index contributed by atoms with van der Waals surface area (Å²) in [6.07, 6.45) is 0.935. The second-order valence-corrected chi connectivity index (χ2v) is 10.6. The van der Waals surface area contributed by atoms with E-state index in [4.69, 9.17) is 4.42 Å². The molecule has 0 bridgehead atoms. The predicted molar refractivity (Wildman–Crippen MR) is 160 cm³/mol. The number of fused-ring (bicyclic) bond motifs is 1. The van der Waals surface area contributed by atoms with Gasteiger partial charge in [-0.2, -0.15) is 0 Å². The Labute approximate surface area is 230 Å². The Hall–Kier alpha value is -4.62. The van der Waals surface area contributed by atoms with Crippen LogP contribution in [0, 0.1) is 6.92 Å². The highest BCUT2D eigenvalue weighted by Crippen LogP contribution is 2.61. The summed E-state index contributed by atoms with van der Waals surface area (Å²) in [5.74, 6) is 2.12. The second kappa shape index (κ2) is 9.60. The van der Waals surface area contributed by atoms with Crippen LogP contribution in [0.4, 0.5) is 0 Å². The minimum Gasteiger partial charge on any atom is -0.455 e. The smallest absolute Gasteiger partial charge is 0.139 e. The molecule has 5 aromatic carbocycles. The zero-order chi connectivity index (χ0) is 26.2. The van der Waals surface area contributed by atoms with Crippen LogP contribution < -0.4 is 0 Å². The molecule has 6 aromatic rings. The fourth-order valence-electron chi connectivity index (χ4n) is 6.53. The van der Waals surface area contributed by atoms with Crippen LogP contribution >= 0.6 is 0 Å². The van der Waals surface area contributed by atoms with E-state index in [-0.39, 0.29) is 11.3 Å². The molecule has 39 heavy (non-hydrogen) atoms. The molecule has 0 saturated carbocycles. The van der Waals surface area contributed by atoms with Gasteiger partial charge in [0, 0.05) is 28.2 Å². The molecule has 1 heterocycles. The van der Waals surface area contributed by atoms with Gasteiger partial charge in [0.25, 0.3) is 0 Å². The van der Waals surface area contributed by atoms with Crippen molar-refractivity contribution in [1.82, 2.24) is 0 Å². The molecule has 1 aliphatic carbocycles. The van der Waals surface area contributed by atoms with E-state index in [0.29, 0.717) is 0 Å². The maximum atomic E-state index is 7.03. The van der Waals surface area contributed by atoms with Crippen LogP contribution in [0.3, 0.4) is 0 Å². The van der Waals surface area contributed by atoms with Gasteiger partial charge in [0.05, 0.1) is 5.41 Å². The number of hydrogen-bond acceptors (Lipinski definition) is 1. The lowest BCUT2D eigenvalue weighted by Crippen LogP contribution is -2.27. The minimum atomic E-state index is -0.369. The van der Waals surface area contributed by atoms with Gasteiger partial charge in [-0.3, -0.25) is 0 Å². The van der Waals surface area contributed by atoms with Crippen LogP contribution in [-0.4, -0.2) is 0 Å². The first kappa shape index (κ1) is 23.5. The van der Waals surface area contributed by atoms with E-state index < -0.39 is 0 Å². The van der Waals surface area contributed by atoms with Crippen molar-refractivity contribution in [3.05, 3.63) is 179 Å². The van der Waals surface area contributed by atoms with Crippen molar-refractivity contribution in [3.8, 4) is 22.6 Å². The predicted octanol–water partition coefficient (Wildman–Crippen LogP) is 9.79. The van der Waals surface area contributed by atoms with Crippen molar-refractivity contribution >= 4 is 0 Å². The van der Waals surface area contributed by atoms with E-state index in [1.165, 1.54) is 33.4 Å². The highest BCUT2D eigenvalue weighted by Gasteiger charge is 2.51. The molecular weight excluding hydrogens is 472 g/mol. The van der Waals surface area contributed by atoms with E-state index in [1.54, 1.807) is 0 Å². The number of rotatable bonds is 5. The molecule has 1 heteroatoms. The van der Waals surface area contributed by atoms with Crippen LogP contribution in [0.15, 0.2) is 150 Å². The number of hydrogen-bond donors (Lipinski definition) is 0. The van der Waals surface area contributed by atoms with E-state index >= 15 is 0 Å². The maximum Gasteiger partial charge on any atom is 0.139 e. The Morgan fingerprint density at radius 3 is 1.62 bits per heavy atom. The van der Waals surface area contributed by atoms with Crippen molar-refractivity contribution in [3.63, 3.8) is 0 Å². The highest BCUT2D eigenvalue weighted by molar-refractivity contribution is 5.80. The Bertz CT molecular complexity index is 1700. The lowest BCUT2D eigenvalue weighted by molar-refractivity contribution is 0.532. The summed E-state index contributed by atoms with van der Waals surface area (Å²) in [7, 11) is 0. The molecule has 0 saturated heterocycles. The number of furan rings is 1. The minimum absolute atomic E-state index is 0.180. The molecule has 0 radical (unpaired) electrons. The van der Waals surface area contributed by atoms with E-state index in [1.807, 2.05) is 0 Å². The molecule has 0 fully saturated rings. The van der Waals surface area contributed by atoms with Crippen molar-refractivity contribution in [2.75, 3.05) is 0 Å². The summed E-state index contributed by atoms with van der Waals surface area (Å²) in [5, 5.41) is 0. The third kappa shape index (κ3) is 3.85. The Morgan fingerprint density at radius 1 is 0.538 bits per heavy atom. The van der Waals surface area contributed by atoms with Crippen LogP contribution in [0.1, 0.15) is 45.7 Å². The second-order valence-electron chi connectivity index (χ2n) is 10.6. The molecule has 0 amide bonds. The largest absolute Gasteiger partial charge is 0.455 e. The summed E-state index contributed by atoms with van der Waals surface area (Å²) < 4.78 is 7.03. The van der Waals surface area contributed by atoms with Gasteiger partial charge in [0.1, 0.15) is 11.5 Å². The average Bonchev–Trinajstić information content (AvgIpc) is 3.57. The SMILES string of the molecule is Cc1ccc(C2(c3ccccc3)CC(c3ccccc3)c3c(-c4ccccc4)oc(-c4ccccc4)c32)cc1. The normalized spacial score (nSPS) is 18.1. The van der Waals surface area contributed by atoms with E-state index in [2.05, 4.69) is 153 Å². The van der Waals surface area contributed by atoms with Crippen molar-refractivity contribution in [2.24, 2.45) is 0 Å². The summed E-state index contributed by atoms with van der Waals surface area (Å²) >= 11 is 0. The summed E-state index contributed by atoms with van der Waals surface area (Å²) in [5.41, 5.74) is 9.63. The number of aryl methyl sites for hydroxylation is 1. The molecule has 0 N–H and O–H groups in total. The molecule has 1 aliphatic rings. The molecule has 1 nitrogen and oxygen atoms in total. The first-order valence-electron chi connectivity index (χ1n) is 13.7. The number of benzene rings is 5. The third-order valence-electron chi connectivity index (χ3n) is 8.32. The molecule has 0 spiro atoms. The van der Waals surface area contributed by atoms with Gasteiger partial charge in [0.15, 0.2) is 0 Å². The standard InChI is InChI=1S/C38H30O/c1-27-22-24-32(25-23-27)38(31-20-12-5-13-21-31)26-33(28-14-6-2-7-15-28)34-35(38)37(30-18-10-4-11-19-30)39-36(34)29-16-8-3-9-17-29/h2-25,33H,26H2,1H3. The highest BCUT2D eigenvalue weighted by atomic mass is 16.3. The Balaban J connectivity index is 1.63. The maximum absolute atomic E-state index is 7.03. The fraction of sp³-hybridized carbons (Fsp3) is 0.105. The molecule has 188 valence electrons. The molecule has 1 aromatic heterocycles. The first-order valence-corrected chi connectivity index (χ1v) is 13.7. The molecule has 2 atom stereocenters. The van der Waals surface area contributed by atoms with Crippen LogP contribution in [0.25, 0.3) is 22.6 Å². The van der Waals surface area contributed by atoms with Crippen molar-refractivity contribution < 1.29 is 4.42 Å². The van der Waals surface area contributed by atoms with Gasteiger partial charge in [0.2, 0.25) is 0 Å². The van der Waals surface area contributed by atoms with Gasteiger partial charge in [-0.05, 0) is 30.0 Å². The Kier molecular flexibility index (Phi) is 5.78. The monoisotopic (exact) mass is 502 g/mol. The van der Waals surface area contributed by atoms with Crippen LogP contribution in [-0.2, 0) is 5.41 Å². The summed E-state index contributed by atoms with van der Waals surface area (Å²) in [4.78, 5) is 0. The molecule has 7 rings (SSSR count). The Morgan fingerprint density at radius 2 is 1.03 bits per heavy atom. The van der Waals surface area contributed by atoms with Crippen LogP contribution in [0.2, 0.25) is 0 Å². The topological polar surface area (TPSA) is 13.1 Å². The van der Waals surface area contributed by atoms with E-state index in [9.17, 15) is 0 Å². The first-order chi connectivity index (χ1) is 19.3. The molecule has 2 unspecified atom stereocenters. The summed E-state index contributed by atoms with van der Waals surface area (Å²) in [6.45, 7) is 2.16. The van der Waals surface area contributed by atoms with Gasteiger partial charge in [-0.15, -0.1) is 0 Å². The third-order valence-corrected chi connectivity index (χ3v) is 8.32. The zero-order valence-corrected chi connectivity index (χ0v) is 22.0. The van der Waals surface area contributed by atoms with Crippen molar-refractivity contribution in [1.29, 1.82) is 0 Å². The molecular formula is C38H30O. The molecule has 0 aliphatic heterocycles. The quantitative estimate of drug-likeness (QED) is 0.229. The van der Waals surface area contributed by atoms with Gasteiger partial charge < -0.3 is 4.42 Å². The fourth-order valence-corrected chi connectivity index (χ4v) is 6.53. The zero-order valence-electron chi connectivity index (χ0n) is 22.0. The lowest BCUT2D eigenvalue weighted by atomic mass is 9.69. The van der Waals surface area contributed by atoms with E-state index in [0.717, 1.165) is 29.1 Å². The van der Waals surface area contributed by atoms with Gasteiger partial charge in [-0.25, -0.2) is 0 Å². The van der Waals surface area contributed by atoms with Crippen LogP contribution in [0.5, 0.6) is 0 Å². The van der Waals surface area contributed by atoms with Gasteiger partial charge >= 0.3 is 0 Å². The van der Waals surface area contributed by atoms with Crippen molar-refractivity contribution in [2.45, 2.75) is 24.7 Å². The van der Waals surface area contributed by atoms with Gasteiger partial charge in [-0.1, -0.05) is 151 Å². The summed E-state index contributed by atoms with van der Waals surface area (Å²) in [6, 6.07) is 52.4. The average molecular weight is 503 g/mol.